The van der Waals surface area contributed by atoms with Crippen molar-refractivity contribution in [2.24, 2.45) is 0 Å². The number of hydrogen-bond donors (Lipinski definition) is 6. The third kappa shape index (κ3) is 4.57. The molecule has 0 fully saturated rings. The molecule has 0 radical (unpaired) electrons. The standard InChI is InChI=1S/C24H20O9/c25-14-4-1-12(2-5-14)3-6-22(30)32-21-11-16-17(27)9-15(26)10-20(16)33-24(21)13-7-18(28)23(31)19(29)8-13/h1-10,21,24-29,31H,11H2/t21-,24-/m1/s1. The van der Waals surface area contributed by atoms with E-state index in [0.717, 1.165) is 18.2 Å². The summed E-state index contributed by atoms with van der Waals surface area (Å²) in [6.07, 6.45) is 0.645. The number of ether oxygens (including phenoxy) is 2. The minimum Gasteiger partial charge on any atom is -0.508 e. The lowest BCUT2D eigenvalue weighted by molar-refractivity contribution is -0.149. The lowest BCUT2D eigenvalue weighted by atomic mass is 9.93. The van der Waals surface area contributed by atoms with Crippen LogP contribution in [-0.4, -0.2) is 42.7 Å². The fourth-order valence-corrected chi connectivity index (χ4v) is 3.56. The Morgan fingerprint density at radius 1 is 0.879 bits per heavy atom. The van der Waals surface area contributed by atoms with Crippen molar-refractivity contribution < 1.29 is 44.9 Å². The van der Waals surface area contributed by atoms with Crippen LogP contribution in [0.3, 0.4) is 0 Å². The molecular weight excluding hydrogens is 432 g/mol. The number of phenols is 6. The first-order chi connectivity index (χ1) is 15.7. The highest BCUT2D eigenvalue weighted by atomic mass is 16.6. The van der Waals surface area contributed by atoms with Gasteiger partial charge in [-0.05, 0) is 35.9 Å². The Bertz CT molecular complexity index is 1210. The lowest BCUT2D eigenvalue weighted by Gasteiger charge is -2.33. The predicted octanol–water partition coefficient (Wildman–Crippen LogP) is 3.22. The molecule has 2 atom stereocenters. The number of benzene rings is 3. The van der Waals surface area contributed by atoms with Gasteiger partial charge in [-0.3, -0.25) is 0 Å². The van der Waals surface area contributed by atoms with Crippen molar-refractivity contribution in [1.29, 1.82) is 0 Å². The smallest absolute Gasteiger partial charge is 0.331 e. The molecule has 0 aliphatic carbocycles. The molecule has 3 aromatic rings. The molecule has 9 heteroatoms. The second-order valence-electron chi connectivity index (χ2n) is 7.49. The Morgan fingerprint density at radius 2 is 1.55 bits per heavy atom. The first-order valence-electron chi connectivity index (χ1n) is 9.85. The molecule has 9 nitrogen and oxygen atoms in total. The molecule has 1 aliphatic rings. The van der Waals surface area contributed by atoms with Gasteiger partial charge in [-0.15, -0.1) is 0 Å². The SMILES string of the molecule is O=C(C=Cc1ccc(O)cc1)O[C@@H]1Cc2c(O)cc(O)cc2O[C@@H]1c1cc(O)c(O)c(O)c1. The monoisotopic (exact) mass is 452 g/mol. The molecule has 0 amide bonds. The van der Waals surface area contributed by atoms with Crippen molar-refractivity contribution in [1.82, 2.24) is 0 Å². The Hall–Kier alpha value is -4.53. The summed E-state index contributed by atoms with van der Waals surface area (Å²) in [7, 11) is 0. The number of aromatic hydroxyl groups is 6. The van der Waals surface area contributed by atoms with Crippen LogP contribution in [0, 0.1) is 0 Å². The zero-order valence-corrected chi connectivity index (χ0v) is 17.0. The summed E-state index contributed by atoms with van der Waals surface area (Å²) in [5.74, 6) is -2.91. The van der Waals surface area contributed by atoms with Crippen molar-refractivity contribution in [3.05, 3.63) is 71.3 Å². The molecule has 0 bridgehead atoms. The molecule has 0 spiro atoms. The van der Waals surface area contributed by atoms with Crippen LogP contribution in [0.5, 0.6) is 40.2 Å². The molecule has 170 valence electrons. The van der Waals surface area contributed by atoms with Crippen LogP contribution in [0.15, 0.2) is 54.6 Å². The van der Waals surface area contributed by atoms with E-state index in [0.29, 0.717) is 11.1 Å². The summed E-state index contributed by atoms with van der Waals surface area (Å²) < 4.78 is 11.4. The van der Waals surface area contributed by atoms with Crippen LogP contribution in [-0.2, 0) is 16.0 Å². The molecule has 0 aromatic heterocycles. The van der Waals surface area contributed by atoms with E-state index in [2.05, 4.69) is 0 Å². The van der Waals surface area contributed by atoms with Crippen LogP contribution in [0.2, 0.25) is 0 Å². The highest BCUT2D eigenvalue weighted by Crippen LogP contribution is 2.45. The van der Waals surface area contributed by atoms with Crippen LogP contribution >= 0.6 is 0 Å². The zero-order chi connectivity index (χ0) is 23.7. The van der Waals surface area contributed by atoms with Gasteiger partial charge in [-0.2, -0.15) is 0 Å². The van der Waals surface area contributed by atoms with Gasteiger partial charge in [0.15, 0.2) is 23.4 Å². The normalized spacial score (nSPS) is 17.3. The fraction of sp³-hybridized carbons (Fsp3) is 0.125. The van der Waals surface area contributed by atoms with Crippen molar-refractivity contribution in [3.8, 4) is 40.2 Å². The van der Waals surface area contributed by atoms with E-state index in [1.54, 1.807) is 12.1 Å². The summed E-state index contributed by atoms with van der Waals surface area (Å²) in [4.78, 5) is 12.5. The topological polar surface area (TPSA) is 157 Å². The maximum Gasteiger partial charge on any atom is 0.331 e. The zero-order valence-electron chi connectivity index (χ0n) is 17.0. The Kier molecular flexibility index (Phi) is 5.61. The van der Waals surface area contributed by atoms with Gasteiger partial charge < -0.3 is 40.1 Å². The quantitative estimate of drug-likeness (QED) is 0.199. The molecule has 1 heterocycles. The van der Waals surface area contributed by atoms with E-state index in [-0.39, 0.29) is 35.0 Å². The van der Waals surface area contributed by atoms with Crippen LogP contribution in [0.1, 0.15) is 22.8 Å². The first kappa shape index (κ1) is 21.7. The lowest BCUT2D eigenvalue weighted by Crippen LogP contribution is -2.34. The van der Waals surface area contributed by atoms with E-state index < -0.39 is 35.4 Å². The van der Waals surface area contributed by atoms with Crippen molar-refractivity contribution >= 4 is 12.0 Å². The maximum atomic E-state index is 12.5. The molecule has 4 rings (SSSR count). The number of hydrogen-bond acceptors (Lipinski definition) is 9. The summed E-state index contributed by atoms with van der Waals surface area (Å²) >= 11 is 0. The number of esters is 1. The summed E-state index contributed by atoms with van der Waals surface area (Å²) in [6, 6.07) is 10.9. The summed E-state index contributed by atoms with van der Waals surface area (Å²) in [6.45, 7) is 0. The van der Waals surface area contributed by atoms with Crippen LogP contribution in [0.25, 0.3) is 6.08 Å². The Labute approximate surface area is 187 Å². The Morgan fingerprint density at radius 3 is 2.21 bits per heavy atom. The van der Waals surface area contributed by atoms with Gasteiger partial charge in [-0.1, -0.05) is 12.1 Å². The maximum absolute atomic E-state index is 12.5. The number of phenolic OH excluding ortho intramolecular Hbond substituents is 6. The second-order valence-corrected chi connectivity index (χ2v) is 7.49. The van der Waals surface area contributed by atoms with E-state index in [4.69, 9.17) is 9.47 Å². The largest absolute Gasteiger partial charge is 0.508 e. The molecular formula is C24H20O9. The van der Waals surface area contributed by atoms with Gasteiger partial charge in [0.25, 0.3) is 0 Å². The number of carbonyl (C=O) groups is 1. The van der Waals surface area contributed by atoms with E-state index in [1.165, 1.54) is 30.4 Å². The van der Waals surface area contributed by atoms with Gasteiger partial charge in [0.1, 0.15) is 29.1 Å². The highest BCUT2D eigenvalue weighted by Gasteiger charge is 2.36. The van der Waals surface area contributed by atoms with E-state index in [1.807, 2.05) is 0 Å². The average Bonchev–Trinajstić information content (AvgIpc) is 2.76. The molecule has 0 saturated carbocycles. The van der Waals surface area contributed by atoms with Crippen molar-refractivity contribution in [2.75, 3.05) is 0 Å². The third-order valence-corrected chi connectivity index (χ3v) is 5.16. The molecule has 0 unspecified atom stereocenters. The van der Waals surface area contributed by atoms with Crippen molar-refractivity contribution in [3.63, 3.8) is 0 Å². The van der Waals surface area contributed by atoms with Gasteiger partial charge in [0, 0.05) is 35.8 Å². The molecule has 3 aromatic carbocycles. The molecule has 0 saturated heterocycles. The molecule has 1 aliphatic heterocycles. The number of fused-ring (bicyclic) bond motifs is 1. The number of rotatable bonds is 4. The van der Waals surface area contributed by atoms with Gasteiger partial charge in [-0.25, -0.2) is 4.79 Å². The average molecular weight is 452 g/mol. The van der Waals surface area contributed by atoms with Crippen LogP contribution < -0.4 is 4.74 Å². The second kappa shape index (κ2) is 8.54. The van der Waals surface area contributed by atoms with Crippen LogP contribution in [0.4, 0.5) is 0 Å². The minimum atomic E-state index is -1.04. The highest BCUT2D eigenvalue weighted by molar-refractivity contribution is 5.87. The fourth-order valence-electron chi connectivity index (χ4n) is 3.56. The first-order valence-corrected chi connectivity index (χ1v) is 9.85. The molecule has 6 N–H and O–H groups in total. The summed E-state index contributed by atoms with van der Waals surface area (Å²) in [5.41, 5.74) is 1.14. The van der Waals surface area contributed by atoms with Gasteiger partial charge >= 0.3 is 5.97 Å². The third-order valence-electron chi connectivity index (χ3n) is 5.16. The van der Waals surface area contributed by atoms with Gasteiger partial charge in [0.2, 0.25) is 0 Å². The van der Waals surface area contributed by atoms with Gasteiger partial charge in [0.05, 0.1) is 0 Å². The van der Waals surface area contributed by atoms with E-state index >= 15 is 0 Å². The Balaban J connectivity index is 1.65. The van der Waals surface area contributed by atoms with Crippen molar-refractivity contribution in [2.45, 2.75) is 18.6 Å². The summed E-state index contributed by atoms with van der Waals surface area (Å²) in [5, 5.41) is 58.8. The predicted molar refractivity (Wildman–Crippen MR) is 115 cm³/mol. The molecule has 33 heavy (non-hydrogen) atoms. The van der Waals surface area contributed by atoms with E-state index in [9.17, 15) is 35.4 Å². The minimum absolute atomic E-state index is 0.00724. The number of carbonyl (C=O) groups excluding carboxylic acids is 1.